The lowest BCUT2D eigenvalue weighted by atomic mass is 9.76. The smallest absolute Gasteiger partial charge is 0.230 e. The van der Waals surface area contributed by atoms with Crippen LogP contribution in [0.5, 0.6) is 0 Å². The number of aryl methyl sites for hydroxylation is 2. The van der Waals surface area contributed by atoms with Gasteiger partial charge in [-0.15, -0.1) is 0 Å². The molecule has 1 spiro atoms. The third kappa shape index (κ3) is 2.63. The van der Waals surface area contributed by atoms with Crippen molar-refractivity contribution in [2.75, 3.05) is 19.6 Å². The molecule has 5 nitrogen and oxygen atoms in total. The highest BCUT2D eigenvalue weighted by Crippen LogP contribution is 2.52. The summed E-state index contributed by atoms with van der Waals surface area (Å²) in [5.41, 5.74) is 3.00. The molecule has 0 unspecified atom stereocenters. The first kappa shape index (κ1) is 17.9. The number of amides is 2. The van der Waals surface area contributed by atoms with Crippen molar-refractivity contribution in [1.82, 2.24) is 9.80 Å². The molecular weight excluding hydrogens is 352 g/mol. The molecule has 0 saturated carbocycles. The fraction of sp³-hybridized carbons (Fsp3) is 0.565. The number of piperidine rings is 1. The molecule has 1 aromatic carbocycles. The minimum atomic E-state index is -0.613. The van der Waals surface area contributed by atoms with Crippen molar-refractivity contribution in [3.8, 4) is 0 Å². The van der Waals surface area contributed by atoms with Crippen LogP contribution in [0.25, 0.3) is 0 Å². The Morgan fingerprint density at radius 3 is 2.71 bits per heavy atom. The van der Waals surface area contributed by atoms with Gasteiger partial charge in [0.2, 0.25) is 11.8 Å². The first-order chi connectivity index (χ1) is 13.5. The van der Waals surface area contributed by atoms with Crippen LogP contribution in [-0.2, 0) is 20.9 Å². The van der Waals surface area contributed by atoms with Crippen LogP contribution in [0.1, 0.15) is 36.0 Å². The van der Waals surface area contributed by atoms with Gasteiger partial charge in [0.15, 0.2) is 0 Å². The maximum atomic E-state index is 13.4. The number of hydrogen-bond donors (Lipinski definition) is 0. The summed E-state index contributed by atoms with van der Waals surface area (Å²) in [6.45, 7) is 6.93. The third-order valence-corrected chi connectivity index (χ3v) is 7.08. The SMILES string of the molecule is Cc1ccc(CN2C[C@]34C=C[C@H](O3)[C@@H](C(=O)N3CCCCC3)[C@@H]4C2=O)cc1C. The van der Waals surface area contributed by atoms with Crippen LogP contribution in [0.4, 0.5) is 0 Å². The molecule has 2 bridgehead atoms. The zero-order chi connectivity index (χ0) is 19.5. The highest BCUT2D eigenvalue weighted by atomic mass is 16.5. The number of nitrogens with zero attached hydrogens (tertiary/aromatic N) is 2. The number of hydrogen-bond acceptors (Lipinski definition) is 3. The first-order valence-electron chi connectivity index (χ1n) is 10.5. The molecule has 4 atom stereocenters. The Labute approximate surface area is 166 Å². The number of ether oxygens (including phenoxy) is 1. The number of carbonyl (C=O) groups is 2. The van der Waals surface area contributed by atoms with Crippen molar-refractivity contribution in [3.05, 3.63) is 47.0 Å². The Kier molecular flexibility index (Phi) is 4.13. The second kappa shape index (κ2) is 6.45. The van der Waals surface area contributed by atoms with E-state index in [4.69, 9.17) is 4.74 Å². The van der Waals surface area contributed by atoms with Crippen LogP contribution in [0.3, 0.4) is 0 Å². The van der Waals surface area contributed by atoms with Gasteiger partial charge in [-0.1, -0.05) is 30.4 Å². The van der Waals surface area contributed by atoms with Gasteiger partial charge in [0, 0.05) is 19.6 Å². The van der Waals surface area contributed by atoms with Gasteiger partial charge in [0.1, 0.15) is 5.60 Å². The van der Waals surface area contributed by atoms with Gasteiger partial charge in [0.05, 0.1) is 24.5 Å². The summed E-state index contributed by atoms with van der Waals surface area (Å²) in [5, 5.41) is 0. The zero-order valence-corrected chi connectivity index (χ0v) is 16.7. The molecule has 28 heavy (non-hydrogen) atoms. The summed E-state index contributed by atoms with van der Waals surface area (Å²) in [7, 11) is 0. The second-order valence-electron chi connectivity index (χ2n) is 8.90. The molecule has 2 amide bonds. The Morgan fingerprint density at radius 2 is 1.96 bits per heavy atom. The number of fused-ring (bicyclic) bond motifs is 1. The fourth-order valence-corrected chi connectivity index (χ4v) is 5.44. The van der Waals surface area contributed by atoms with Crippen molar-refractivity contribution in [1.29, 1.82) is 0 Å². The maximum Gasteiger partial charge on any atom is 0.230 e. The largest absolute Gasteiger partial charge is 0.360 e. The fourth-order valence-electron chi connectivity index (χ4n) is 5.44. The molecule has 0 N–H and O–H groups in total. The van der Waals surface area contributed by atoms with E-state index in [1.54, 1.807) is 0 Å². The summed E-state index contributed by atoms with van der Waals surface area (Å²) >= 11 is 0. The van der Waals surface area contributed by atoms with Crippen LogP contribution in [0, 0.1) is 25.7 Å². The Hall–Kier alpha value is -2.14. The van der Waals surface area contributed by atoms with Crippen LogP contribution < -0.4 is 0 Å². The van der Waals surface area contributed by atoms with Gasteiger partial charge in [-0.05, 0) is 49.8 Å². The van der Waals surface area contributed by atoms with E-state index in [1.807, 2.05) is 22.0 Å². The standard InChI is InChI=1S/C23H28N2O3/c1-15-6-7-17(12-16(15)2)13-25-14-23-9-8-18(28-23)19(20(23)22(25)27)21(26)24-10-4-3-5-11-24/h6-9,12,18-20H,3-5,10-11,13-14H2,1-2H3/t18-,19+,20+,23-/m0/s1. The Morgan fingerprint density at radius 1 is 1.18 bits per heavy atom. The number of likely N-dealkylation sites (tertiary alicyclic amines) is 2. The van der Waals surface area contributed by atoms with E-state index >= 15 is 0 Å². The molecule has 4 aliphatic rings. The van der Waals surface area contributed by atoms with E-state index in [9.17, 15) is 9.59 Å². The number of benzene rings is 1. The van der Waals surface area contributed by atoms with Gasteiger partial charge in [-0.2, -0.15) is 0 Å². The molecule has 0 aromatic heterocycles. The summed E-state index contributed by atoms with van der Waals surface area (Å²) in [6.07, 6.45) is 7.11. The second-order valence-corrected chi connectivity index (χ2v) is 8.90. The van der Waals surface area contributed by atoms with Gasteiger partial charge in [-0.3, -0.25) is 9.59 Å². The minimum Gasteiger partial charge on any atom is -0.360 e. The maximum absolute atomic E-state index is 13.4. The van der Waals surface area contributed by atoms with Crippen molar-refractivity contribution < 1.29 is 14.3 Å². The molecule has 1 aromatic rings. The number of carbonyl (C=O) groups excluding carboxylic acids is 2. The average Bonchev–Trinajstić information content (AvgIpc) is 3.33. The molecule has 5 rings (SSSR count). The van der Waals surface area contributed by atoms with E-state index in [1.165, 1.54) is 17.5 Å². The van der Waals surface area contributed by atoms with Crippen LogP contribution in [-0.4, -0.2) is 53.0 Å². The molecule has 3 saturated heterocycles. The van der Waals surface area contributed by atoms with Crippen LogP contribution in [0.15, 0.2) is 30.4 Å². The van der Waals surface area contributed by atoms with E-state index in [-0.39, 0.29) is 29.8 Å². The summed E-state index contributed by atoms with van der Waals surface area (Å²) in [5.74, 6) is -0.549. The summed E-state index contributed by atoms with van der Waals surface area (Å²) in [6, 6.07) is 6.35. The van der Waals surface area contributed by atoms with Crippen molar-refractivity contribution in [2.45, 2.75) is 51.4 Å². The van der Waals surface area contributed by atoms with Gasteiger partial charge in [0.25, 0.3) is 0 Å². The van der Waals surface area contributed by atoms with Gasteiger partial charge >= 0.3 is 0 Å². The monoisotopic (exact) mass is 380 g/mol. The van der Waals surface area contributed by atoms with Crippen molar-refractivity contribution >= 4 is 11.8 Å². The molecule has 4 heterocycles. The lowest BCUT2D eigenvalue weighted by Crippen LogP contribution is -2.47. The minimum absolute atomic E-state index is 0.0698. The zero-order valence-electron chi connectivity index (χ0n) is 16.7. The molecular formula is C23H28N2O3. The van der Waals surface area contributed by atoms with E-state index in [0.29, 0.717) is 13.1 Å². The molecule has 148 valence electrons. The van der Waals surface area contributed by atoms with Gasteiger partial charge in [-0.25, -0.2) is 0 Å². The lowest BCUT2D eigenvalue weighted by molar-refractivity contribution is -0.144. The van der Waals surface area contributed by atoms with E-state index in [2.05, 4.69) is 32.0 Å². The quantitative estimate of drug-likeness (QED) is 0.758. The van der Waals surface area contributed by atoms with Crippen molar-refractivity contribution in [2.24, 2.45) is 11.8 Å². The van der Waals surface area contributed by atoms with E-state index in [0.717, 1.165) is 31.5 Å². The molecule has 4 aliphatic heterocycles. The Bertz CT molecular complexity index is 857. The Balaban J connectivity index is 1.39. The predicted octanol–water partition coefficient (Wildman–Crippen LogP) is 2.60. The van der Waals surface area contributed by atoms with Gasteiger partial charge < -0.3 is 14.5 Å². The summed E-state index contributed by atoms with van der Waals surface area (Å²) < 4.78 is 6.27. The highest BCUT2D eigenvalue weighted by Gasteiger charge is 2.67. The van der Waals surface area contributed by atoms with Crippen LogP contribution >= 0.6 is 0 Å². The number of rotatable bonds is 3. The molecule has 0 aliphatic carbocycles. The summed E-state index contributed by atoms with van der Waals surface area (Å²) in [4.78, 5) is 30.5. The predicted molar refractivity (Wildman–Crippen MR) is 105 cm³/mol. The van der Waals surface area contributed by atoms with Crippen LogP contribution in [0.2, 0.25) is 0 Å². The normalized spacial score (nSPS) is 33.6. The third-order valence-electron chi connectivity index (χ3n) is 7.08. The average molecular weight is 380 g/mol. The van der Waals surface area contributed by atoms with Crippen molar-refractivity contribution in [3.63, 3.8) is 0 Å². The topological polar surface area (TPSA) is 49.9 Å². The molecule has 3 fully saturated rings. The molecule has 5 heteroatoms. The highest BCUT2D eigenvalue weighted by molar-refractivity contribution is 5.93. The lowest BCUT2D eigenvalue weighted by Gasteiger charge is -2.32. The first-order valence-corrected chi connectivity index (χ1v) is 10.5. The van der Waals surface area contributed by atoms with E-state index < -0.39 is 5.60 Å². The molecule has 0 radical (unpaired) electrons.